The quantitative estimate of drug-likeness (QED) is 0.623. The molecule has 0 radical (unpaired) electrons. The van der Waals surface area contributed by atoms with Gasteiger partial charge in [-0.3, -0.25) is 9.59 Å². The third-order valence-electron chi connectivity index (χ3n) is 3.18. The van der Waals surface area contributed by atoms with Crippen LogP contribution in [0.3, 0.4) is 0 Å². The minimum absolute atomic E-state index is 0.0836. The van der Waals surface area contributed by atoms with Gasteiger partial charge in [-0.25, -0.2) is 0 Å². The van der Waals surface area contributed by atoms with Crippen molar-refractivity contribution in [2.24, 2.45) is 5.92 Å². The maximum atomic E-state index is 12.0. The molecule has 19 heavy (non-hydrogen) atoms. The van der Waals surface area contributed by atoms with Crippen LogP contribution in [0.5, 0.6) is 0 Å². The lowest BCUT2D eigenvalue weighted by molar-refractivity contribution is -0.145. The first-order chi connectivity index (χ1) is 9.20. The number of likely N-dealkylation sites (tertiary alicyclic amines) is 1. The highest BCUT2D eigenvalue weighted by atomic mass is 32.2. The fraction of sp³-hybridized carbons (Fsp3) is 0.429. The lowest BCUT2D eigenvalue weighted by atomic mass is 10.1. The van der Waals surface area contributed by atoms with Crippen LogP contribution in [0.1, 0.15) is 6.42 Å². The minimum Gasteiger partial charge on any atom is -0.469 e. The topological polar surface area (TPSA) is 46.6 Å². The smallest absolute Gasteiger partial charge is 0.310 e. The second kappa shape index (κ2) is 6.61. The Labute approximate surface area is 117 Å². The van der Waals surface area contributed by atoms with Crippen molar-refractivity contribution in [1.29, 1.82) is 0 Å². The van der Waals surface area contributed by atoms with Crippen molar-refractivity contribution in [3.63, 3.8) is 0 Å². The summed E-state index contributed by atoms with van der Waals surface area (Å²) in [5.74, 6) is 0.125. The van der Waals surface area contributed by atoms with E-state index < -0.39 is 0 Å². The van der Waals surface area contributed by atoms with Crippen molar-refractivity contribution in [3.05, 3.63) is 30.3 Å². The van der Waals surface area contributed by atoms with Crippen LogP contribution in [-0.4, -0.2) is 42.7 Å². The molecule has 1 aliphatic heterocycles. The average Bonchev–Trinajstić information content (AvgIpc) is 2.95. The zero-order chi connectivity index (χ0) is 13.7. The van der Waals surface area contributed by atoms with Gasteiger partial charge in [0.05, 0.1) is 18.8 Å². The second-order valence-electron chi connectivity index (χ2n) is 4.45. The molecule has 1 aromatic carbocycles. The van der Waals surface area contributed by atoms with Gasteiger partial charge in [-0.2, -0.15) is 0 Å². The van der Waals surface area contributed by atoms with Crippen molar-refractivity contribution >= 4 is 23.6 Å². The number of thioether (sulfide) groups is 1. The maximum absolute atomic E-state index is 12.0. The number of nitrogens with zero attached hydrogens (tertiary/aromatic N) is 1. The van der Waals surface area contributed by atoms with E-state index in [-0.39, 0.29) is 17.8 Å². The van der Waals surface area contributed by atoms with Gasteiger partial charge in [0.2, 0.25) is 5.91 Å². The van der Waals surface area contributed by atoms with Crippen molar-refractivity contribution in [2.45, 2.75) is 11.3 Å². The predicted octanol–water partition coefficient (Wildman–Crippen LogP) is 1.80. The van der Waals surface area contributed by atoms with Crippen LogP contribution in [0.2, 0.25) is 0 Å². The Morgan fingerprint density at radius 1 is 1.37 bits per heavy atom. The summed E-state index contributed by atoms with van der Waals surface area (Å²) in [6.07, 6.45) is 0.703. The molecule has 1 amide bonds. The fourth-order valence-corrected chi connectivity index (χ4v) is 2.92. The Kier molecular flexibility index (Phi) is 4.85. The van der Waals surface area contributed by atoms with Crippen molar-refractivity contribution in [3.8, 4) is 0 Å². The van der Waals surface area contributed by atoms with E-state index >= 15 is 0 Å². The lowest BCUT2D eigenvalue weighted by Crippen LogP contribution is -2.31. The largest absolute Gasteiger partial charge is 0.469 e. The molecular weight excluding hydrogens is 262 g/mol. The summed E-state index contributed by atoms with van der Waals surface area (Å²) < 4.78 is 4.71. The van der Waals surface area contributed by atoms with E-state index in [1.54, 1.807) is 4.90 Å². The predicted molar refractivity (Wildman–Crippen MR) is 73.9 cm³/mol. The molecule has 1 unspecified atom stereocenters. The van der Waals surface area contributed by atoms with Crippen LogP contribution in [0.25, 0.3) is 0 Å². The number of carbonyl (C=O) groups is 2. The van der Waals surface area contributed by atoms with Crippen molar-refractivity contribution < 1.29 is 14.3 Å². The van der Waals surface area contributed by atoms with Crippen LogP contribution in [0.15, 0.2) is 35.2 Å². The Morgan fingerprint density at radius 3 is 2.79 bits per heavy atom. The molecule has 1 fully saturated rings. The molecule has 0 N–H and O–H groups in total. The number of benzene rings is 1. The van der Waals surface area contributed by atoms with Gasteiger partial charge in [-0.1, -0.05) is 18.2 Å². The van der Waals surface area contributed by atoms with Crippen molar-refractivity contribution in [2.75, 3.05) is 26.0 Å². The molecular formula is C14H17NO3S. The Hall–Kier alpha value is -1.49. The van der Waals surface area contributed by atoms with E-state index in [0.29, 0.717) is 25.3 Å². The number of methoxy groups -OCH3 is 1. The number of carbonyl (C=O) groups excluding carboxylic acids is 2. The van der Waals surface area contributed by atoms with Gasteiger partial charge in [-0.05, 0) is 18.6 Å². The summed E-state index contributed by atoms with van der Waals surface area (Å²) in [5.41, 5.74) is 0. The van der Waals surface area contributed by atoms with Gasteiger partial charge in [0, 0.05) is 18.0 Å². The maximum Gasteiger partial charge on any atom is 0.310 e. The van der Waals surface area contributed by atoms with Gasteiger partial charge < -0.3 is 9.64 Å². The Balaban J connectivity index is 1.80. The Bertz CT molecular complexity index is 449. The molecule has 1 saturated heterocycles. The summed E-state index contributed by atoms with van der Waals surface area (Å²) in [5, 5.41) is 0. The number of ether oxygens (including phenoxy) is 1. The molecule has 4 nitrogen and oxygen atoms in total. The molecule has 0 bridgehead atoms. The highest BCUT2D eigenvalue weighted by Gasteiger charge is 2.31. The normalized spacial score (nSPS) is 18.4. The van der Waals surface area contributed by atoms with E-state index in [9.17, 15) is 9.59 Å². The highest BCUT2D eigenvalue weighted by Crippen LogP contribution is 2.21. The molecule has 1 atom stereocenters. The van der Waals surface area contributed by atoms with E-state index in [1.807, 2.05) is 30.3 Å². The molecule has 5 heteroatoms. The Morgan fingerprint density at radius 2 is 2.11 bits per heavy atom. The highest BCUT2D eigenvalue weighted by molar-refractivity contribution is 8.00. The summed E-state index contributed by atoms with van der Waals surface area (Å²) in [4.78, 5) is 26.3. The fourth-order valence-electron chi connectivity index (χ4n) is 2.10. The van der Waals surface area contributed by atoms with Gasteiger partial charge >= 0.3 is 5.97 Å². The summed E-state index contributed by atoms with van der Waals surface area (Å²) in [6.45, 7) is 1.13. The standard InChI is InChI=1S/C14H17NO3S/c1-18-14(17)11-7-8-15(9-11)13(16)10-19-12-5-3-2-4-6-12/h2-6,11H,7-10H2,1H3. The number of hydrogen-bond donors (Lipinski definition) is 0. The van der Waals surface area contributed by atoms with Crippen LogP contribution in [-0.2, 0) is 14.3 Å². The van der Waals surface area contributed by atoms with Gasteiger partial charge in [0.1, 0.15) is 0 Å². The first-order valence-corrected chi connectivity index (χ1v) is 7.22. The molecule has 1 heterocycles. The zero-order valence-electron chi connectivity index (χ0n) is 10.9. The monoisotopic (exact) mass is 279 g/mol. The molecule has 102 valence electrons. The first kappa shape index (κ1) is 13.9. The molecule has 0 spiro atoms. The van der Waals surface area contributed by atoms with E-state index in [2.05, 4.69) is 0 Å². The molecule has 0 aliphatic carbocycles. The van der Waals surface area contributed by atoms with E-state index in [0.717, 1.165) is 4.90 Å². The summed E-state index contributed by atoms with van der Waals surface area (Å²) in [7, 11) is 1.39. The summed E-state index contributed by atoms with van der Waals surface area (Å²) >= 11 is 1.52. The van der Waals surface area contributed by atoms with Crippen LogP contribution in [0.4, 0.5) is 0 Å². The number of rotatable bonds is 4. The van der Waals surface area contributed by atoms with E-state index in [4.69, 9.17) is 4.74 Å². The second-order valence-corrected chi connectivity index (χ2v) is 5.50. The zero-order valence-corrected chi connectivity index (χ0v) is 11.7. The SMILES string of the molecule is COC(=O)C1CCN(C(=O)CSc2ccccc2)C1. The van der Waals surface area contributed by atoms with Crippen LogP contribution >= 0.6 is 11.8 Å². The molecule has 2 rings (SSSR count). The molecule has 1 aliphatic rings. The van der Waals surface area contributed by atoms with Crippen LogP contribution < -0.4 is 0 Å². The summed E-state index contributed by atoms with van der Waals surface area (Å²) in [6, 6.07) is 9.83. The number of amides is 1. The number of hydrogen-bond acceptors (Lipinski definition) is 4. The third-order valence-corrected chi connectivity index (χ3v) is 4.18. The average molecular weight is 279 g/mol. The molecule has 1 aromatic rings. The van der Waals surface area contributed by atoms with Gasteiger partial charge in [0.25, 0.3) is 0 Å². The molecule has 0 aromatic heterocycles. The minimum atomic E-state index is -0.217. The van der Waals surface area contributed by atoms with Gasteiger partial charge in [-0.15, -0.1) is 11.8 Å². The lowest BCUT2D eigenvalue weighted by Gasteiger charge is -2.15. The van der Waals surface area contributed by atoms with E-state index in [1.165, 1.54) is 18.9 Å². The third kappa shape index (κ3) is 3.73. The molecule has 0 saturated carbocycles. The van der Waals surface area contributed by atoms with Gasteiger partial charge in [0.15, 0.2) is 0 Å². The van der Waals surface area contributed by atoms with Crippen molar-refractivity contribution in [1.82, 2.24) is 4.90 Å². The number of esters is 1. The van der Waals surface area contributed by atoms with Crippen LogP contribution in [0, 0.1) is 5.92 Å². The first-order valence-electron chi connectivity index (χ1n) is 6.24.